The molecule has 1 aliphatic carbocycles. The Morgan fingerprint density at radius 2 is 2.14 bits per heavy atom. The molecule has 1 aromatic rings. The summed E-state index contributed by atoms with van der Waals surface area (Å²) in [5.41, 5.74) is 1.10. The monoisotopic (exact) mass is 291 g/mol. The number of nitrogens with one attached hydrogen (secondary N) is 1. The second-order valence-electron chi connectivity index (χ2n) is 6.04. The highest BCUT2D eigenvalue weighted by molar-refractivity contribution is 5.97. The molecule has 1 aromatic carbocycles. The normalized spacial score (nSPS) is 25.4. The van der Waals surface area contributed by atoms with Crippen molar-refractivity contribution in [2.24, 2.45) is 5.92 Å². The number of hydrogen-bond acceptors (Lipinski definition) is 3. The minimum atomic E-state index is -0.689. The Balaban J connectivity index is 2.14. The van der Waals surface area contributed by atoms with Crippen molar-refractivity contribution in [2.45, 2.75) is 45.1 Å². The summed E-state index contributed by atoms with van der Waals surface area (Å²) in [4.78, 5) is 12.7. The third-order valence-electron chi connectivity index (χ3n) is 4.41. The van der Waals surface area contributed by atoms with E-state index in [4.69, 9.17) is 9.47 Å². The Labute approximate surface area is 126 Å². The molecule has 0 bridgehead atoms. The van der Waals surface area contributed by atoms with Gasteiger partial charge in [0.05, 0.1) is 7.11 Å². The second kappa shape index (κ2) is 6.48. The van der Waals surface area contributed by atoms with Crippen molar-refractivity contribution >= 4 is 11.6 Å². The Bertz CT molecular complexity index is 515. The van der Waals surface area contributed by atoms with E-state index < -0.39 is 5.60 Å². The maximum Gasteiger partial charge on any atom is 0.256 e. The fourth-order valence-corrected chi connectivity index (χ4v) is 3.19. The topological polar surface area (TPSA) is 47.6 Å². The molecule has 4 nitrogen and oxygen atoms in total. The number of rotatable bonds is 4. The van der Waals surface area contributed by atoms with Crippen LogP contribution in [-0.4, -0.2) is 25.7 Å². The zero-order valence-electron chi connectivity index (χ0n) is 13.4. The molecule has 0 aromatic heterocycles. The first-order valence-corrected chi connectivity index (χ1v) is 7.52. The van der Waals surface area contributed by atoms with E-state index in [9.17, 15) is 4.79 Å². The van der Waals surface area contributed by atoms with Crippen LogP contribution in [0.3, 0.4) is 0 Å². The molecule has 0 aliphatic heterocycles. The van der Waals surface area contributed by atoms with E-state index in [1.807, 2.05) is 25.1 Å². The third-order valence-corrected chi connectivity index (χ3v) is 4.41. The molecule has 1 aliphatic rings. The third kappa shape index (κ3) is 3.38. The zero-order valence-corrected chi connectivity index (χ0v) is 13.4. The molecule has 1 N–H and O–H groups in total. The molecule has 1 fully saturated rings. The second-order valence-corrected chi connectivity index (χ2v) is 6.04. The lowest BCUT2D eigenvalue weighted by atomic mass is 9.78. The summed E-state index contributed by atoms with van der Waals surface area (Å²) in [5.74, 6) is 1.30. The molecule has 1 saturated carbocycles. The van der Waals surface area contributed by atoms with Gasteiger partial charge >= 0.3 is 0 Å². The Kier molecular flexibility index (Phi) is 4.88. The molecular weight excluding hydrogens is 266 g/mol. The number of carbonyl (C=O) groups excluding carboxylic acids is 1. The molecule has 0 saturated heterocycles. The largest absolute Gasteiger partial charge is 0.496 e. The number of methoxy groups -OCH3 is 2. The van der Waals surface area contributed by atoms with Crippen molar-refractivity contribution in [1.29, 1.82) is 0 Å². The standard InChI is InChI=1S/C17H25NO3/c1-12-6-5-9-17(11-12,21-4)16(19)18-14-7-8-15(20-3)13(2)10-14/h7-8,10,12H,5-6,9,11H2,1-4H3,(H,18,19)/t12-,17+/m0/s1. The van der Waals surface area contributed by atoms with E-state index in [0.717, 1.165) is 36.3 Å². The van der Waals surface area contributed by atoms with Gasteiger partial charge < -0.3 is 14.8 Å². The van der Waals surface area contributed by atoms with Crippen LogP contribution in [0.2, 0.25) is 0 Å². The van der Waals surface area contributed by atoms with E-state index >= 15 is 0 Å². The van der Waals surface area contributed by atoms with Crippen LogP contribution >= 0.6 is 0 Å². The van der Waals surface area contributed by atoms with Crippen molar-refractivity contribution in [1.82, 2.24) is 0 Å². The van der Waals surface area contributed by atoms with Gasteiger partial charge in [0.1, 0.15) is 11.4 Å². The lowest BCUT2D eigenvalue weighted by Crippen LogP contribution is -2.47. The SMILES string of the molecule is COc1ccc(NC(=O)[C@@]2(OC)CCC[C@H](C)C2)cc1C. The molecule has 2 atom stereocenters. The molecule has 0 radical (unpaired) electrons. The van der Waals surface area contributed by atoms with Gasteiger partial charge in [-0.25, -0.2) is 0 Å². The van der Waals surface area contributed by atoms with E-state index in [-0.39, 0.29) is 5.91 Å². The lowest BCUT2D eigenvalue weighted by Gasteiger charge is -2.37. The summed E-state index contributed by atoms with van der Waals surface area (Å²) < 4.78 is 10.9. The Hall–Kier alpha value is -1.55. The minimum Gasteiger partial charge on any atom is -0.496 e. The number of amides is 1. The number of ether oxygens (including phenoxy) is 2. The van der Waals surface area contributed by atoms with Gasteiger partial charge in [-0.3, -0.25) is 4.79 Å². The Morgan fingerprint density at radius 3 is 2.71 bits per heavy atom. The summed E-state index contributed by atoms with van der Waals surface area (Å²) in [7, 11) is 3.28. The first-order valence-electron chi connectivity index (χ1n) is 7.52. The van der Waals surface area contributed by atoms with E-state index in [1.54, 1.807) is 14.2 Å². The van der Waals surface area contributed by atoms with Crippen LogP contribution in [0, 0.1) is 12.8 Å². The number of aryl methyl sites for hydroxylation is 1. The van der Waals surface area contributed by atoms with Crippen molar-refractivity contribution in [3.05, 3.63) is 23.8 Å². The van der Waals surface area contributed by atoms with Gasteiger partial charge in [0, 0.05) is 12.8 Å². The van der Waals surface area contributed by atoms with Crippen LogP contribution in [0.4, 0.5) is 5.69 Å². The molecule has 116 valence electrons. The highest BCUT2D eigenvalue weighted by Gasteiger charge is 2.41. The zero-order chi connectivity index (χ0) is 15.5. The molecule has 0 spiro atoms. The van der Waals surface area contributed by atoms with E-state index in [2.05, 4.69) is 12.2 Å². The van der Waals surface area contributed by atoms with E-state index in [1.165, 1.54) is 6.42 Å². The van der Waals surface area contributed by atoms with Crippen molar-refractivity contribution in [2.75, 3.05) is 19.5 Å². The lowest BCUT2D eigenvalue weighted by molar-refractivity contribution is -0.143. The van der Waals surface area contributed by atoms with Gasteiger partial charge in [0.15, 0.2) is 0 Å². The summed E-state index contributed by atoms with van der Waals surface area (Å²) in [5, 5.41) is 3.00. The van der Waals surface area contributed by atoms with Crippen LogP contribution in [0.25, 0.3) is 0 Å². The van der Waals surface area contributed by atoms with Gasteiger partial charge in [-0.2, -0.15) is 0 Å². The average molecular weight is 291 g/mol. The molecular formula is C17H25NO3. The molecule has 21 heavy (non-hydrogen) atoms. The van der Waals surface area contributed by atoms with Gasteiger partial charge in [-0.05, 0) is 55.9 Å². The summed E-state index contributed by atoms with van der Waals surface area (Å²) in [6.07, 6.45) is 3.77. The number of hydrogen-bond donors (Lipinski definition) is 1. The maximum absolute atomic E-state index is 12.7. The first-order chi connectivity index (χ1) is 10.0. The molecule has 4 heteroatoms. The van der Waals surface area contributed by atoms with Crippen LogP contribution in [0.1, 0.15) is 38.2 Å². The van der Waals surface area contributed by atoms with Crippen molar-refractivity contribution in [3.63, 3.8) is 0 Å². The van der Waals surface area contributed by atoms with Crippen LogP contribution in [0.15, 0.2) is 18.2 Å². The van der Waals surface area contributed by atoms with Crippen molar-refractivity contribution in [3.8, 4) is 5.75 Å². The molecule has 0 unspecified atom stereocenters. The van der Waals surface area contributed by atoms with E-state index in [0.29, 0.717) is 5.92 Å². The maximum atomic E-state index is 12.7. The molecule has 2 rings (SSSR count). The fourth-order valence-electron chi connectivity index (χ4n) is 3.19. The molecule has 1 amide bonds. The Morgan fingerprint density at radius 1 is 1.38 bits per heavy atom. The fraction of sp³-hybridized carbons (Fsp3) is 0.588. The van der Waals surface area contributed by atoms with Crippen molar-refractivity contribution < 1.29 is 14.3 Å². The summed E-state index contributed by atoms with van der Waals surface area (Å²) in [6.45, 7) is 4.14. The number of carbonyl (C=O) groups is 1. The van der Waals surface area contributed by atoms with Crippen LogP contribution < -0.4 is 10.1 Å². The number of benzene rings is 1. The quantitative estimate of drug-likeness (QED) is 0.923. The number of anilines is 1. The summed E-state index contributed by atoms with van der Waals surface area (Å²) >= 11 is 0. The highest BCUT2D eigenvalue weighted by atomic mass is 16.5. The predicted molar refractivity (Wildman–Crippen MR) is 83.7 cm³/mol. The average Bonchev–Trinajstić information content (AvgIpc) is 2.47. The van der Waals surface area contributed by atoms with Crippen LogP contribution in [0.5, 0.6) is 5.75 Å². The molecule has 0 heterocycles. The van der Waals surface area contributed by atoms with Gasteiger partial charge in [0.2, 0.25) is 0 Å². The van der Waals surface area contributed by atoms with Crippen LogP contribution in [-0.2, 0) is 9.53 Å². The summed E-state index contributed by atoms with van der Waals surface area (Å²) in [6, 6.07) is 5.65. The minimum absolute atomic E-state index is 0.0406. The smallest absolute Gasteiger partial charge is 0.256 e. The van der Waals surface area contributed by atoms with Gasteiger partial charge in [-0.15, -0.1) is 0 Å². The van der Waals surface area contributed by atoms with Gasteiger partial charge in [-0.1, -0.05) is 13.3 Å². The van der Waals surface area contributed by atoms with Gasteiger partial charge in [0.25, 0.3) is 5.91 Å². The highest BCUT2D eigenvalue weighted by Crippen LogP contribution is 2.36. The predicted octanol–water partition coefficient (Wildman–Crippen LogP) is 3.54. The first kappa shape index (κ1) is 15.8.